The van der Waals surface area contributed by atoms with Crippen LogP contribution < -0.4 is 0 Å². The van der Waals surface area contributed by atoms with Gasteiger partial charge in [0.15, 0.2) is 0 Å². The summed E-state index contributed by atoms with van der Waals surface area (Å²) in [4.78, 5) is 34.2. The molecule has 0 N–H and O–H groups in total. The molecule has 288 valence electrons. The summed E-state index contributed by atoms with van der Waals surface area (Å²) in [7, 11) is 0. The number of aromatic nitrogens is 8. The van der Waals surface area contributed by atoms with Gasteiger partial charge in [-0.2, -0.15) is 0 Å². The molecule has 0 aliphatic rings. The van der Waals surface area contributed by atoms with E-state index in [0.29, 0.717) is 0 Å². The number of halogens is 1. The molecule has 0 atom stereocenters. The average molecular weight is 850 g/mol. The minimum atomic E-state index is 0.758. The molecule has 0 spiro atoms. The summed E-state index contributed by atoms with van der Waals surface area (Å²) in [5.41, 5.74) is 12.3. The summed E-state index contributed by atoms with van der Waals surface area (Å²) >= 11 is 3.32. The summed E-state index contributed by atoms with van der Waals surface area (Å²) in [6.07, 6.45) is 19.2. The molecule has 0 radical (unpaired) electrons. The molecule has 8 nitrogen and oxygen atoms in total. The van der Waals surface area contributed by atoms with Crippen LogP contribution in [-0.2, 0) is 0 Å². The van der Waals surface area contributed by atoms with E-state index in [0.717, 1.165) is 82.6 Å². The molecule has 0 bridgehead atoms. The van der Waals surface area contributed by atoms with Gasteiger partial charge in [-0.05, 0) is 106 Å². The third-order valence-electron chi connectivity index (χ3n) is 9.39. The molecule has 0 fully saturated rings. The molecular weight excluding hydrogens is 817 g/mol. The zero-order chi connectivity index (χ0) is 41.6. The van der Waals surface area contributed by atoms with E-state index in [9.17, 15) is 0 Å². The van der Waals surface area contributed by atoms with E-state index in [2.05, 4.69) is 79.6 Å². The standard InChI is InChI=1S/C26H16N4.C17H11N3.C9H6BrN/c1-2-4-25-21(3-1)10-12-23(30-25)11-7-19-5-8-22(9-6-19)26-24(17-28-18-29-26)20-13-15-27-16-14-20;1-2-13-3-5-15(6-4-13)17-16(11-19-12-20-17)14-7-9-18-10-8-14;10-9-6-5-7-3-1-2-4-8(7)11-9/h1-6,8-10,12-18H;1,3-12H;1-6H. The Labute approximate surface area is 361 Å². The largest absolute Gasteiger partial charge is 0.265 e. The highest BCUT2D eigenvalue weighted by Gasteiger charge is 2.10. The fourth-order valence-electron chi connectivity index (χ4n) is 6.35. The van der Waals surface area contributed by atoms with Crippen molar-refractivity contribution in [1.82, 2.24) is 39.9 Å². The maximum atomic E-state index is 5.38. The molecule has 10 rings (SSSR count). The van der Waals surface area contributed by atoms with E-state index in [4.69, 9.17) is 6.42 Å². The molecule has 6 aromatic heterocycles. The smallest absolute Gasteiger partial charge is 0.116 e. The number of fused-ring (bicyclic) bond motifs is 2. The normalized spacial score (nSPS) is 10.2. The van der Waals surface area contributed by atoms with Gasteiger partial charge in [0.2, 0.25) is 0 Å². The summed E-state index contributed by atoms with van der Waals surface area (Å²) < 4.78 is 0.885. The molecule has 0 unspecified atom stereocenters. The second-order valence-electron chi connectivity index (χ2n) is 13.3. The maximum Gasteiger partial charge on any atom is 0.116 e. The number of terminal acetylenes is 1. The van der Waals surface area contributed by atoms with Crippen LogP contribution in [0.5, 0.6) is 0 Å². The van der Waals surface area contributed by atoms with Gasteiger partial charge in [-0.1, -0.05) is 84.6 Å². The lowest BCUT2D eigenvalue weighted by Gasteiger charge is -2.08. The van der Waals surface area contributed by atoms with E-state index in [1.54, 1.807) is 37.4 Å². The summed E-state index contributed by atoms with van der Waals surface area (Å²) in [5, 5.41) is 2.29. The van der Waals surface area contributed by atoms with Crippen LogP contribution in [0.3, 0.4) is 0 Å². The molecule has 0 amide bonds. The molecule has 0 aliphatic carbocycles. The first-order valence-electron chi connectivity index (χ1n) is 19.1. The lowest BCUT2D eigenvalue weighted by atomic mass is 10.0. The first-order valence-corrected chi connectivity index (χ1v) is 19.9. The molecule has 0 saturated carbocycles. The molecule has 4 aromatic carbocycles. The number of hydrogen-bond acceptors (Lipinski definition) is 8. The highest BCUT2D eigenvalue weighted by molar-refractivity contribution is 9.10. The van der Waals surface area contributed by atoms with Gasteiger partial charge in [-0.25, -0.2) is 29.9 Å². The highest BCUT2D eigenvalue weighted by atomic mass is 79.9. The second kappa shape index (κ2) is 19.5. The highest BCUT2D eigenvalue weighted by Crippen LogP contribution is 2.30. The Kier molecular flexibility index (Phi) is 12.6. The topological polar surface area (TPSA) is 103 Å². The minimum absolute atomic E-state index is 0.758. The second-order valence-corrected chi connectivity index (χ2v) is 14.1. The molecule has 10 aromatic rings. The Morgan fingerprint density at radius 1 is 0.426 bits per heavy atom. The predicted molar refractivity (Wildman–Crippen MR) is 246 cm³/mol. The van der Waals surface area contributed by atoms with Gasteiger partial charge in [0, 0.05) is 81.3 Å². The van der Waals surface area contributed by atoms with Gasteiger partial charge < -0.3 is 0 Å². The fraction of sp³-hybridized carbons (Fsp3) is 0. The van der Waals surface area contributed by atoms with Gasteiger partial charge >= 0.3 is 0 Å². The predicted octanol–water partition coefficient (Wildman–Crippen LogP) is 11.3. The van der Waals surface area contributed by atoms with Crippen LogP contribution in [0.2, 0.25) is 0 Å². The molecule has 9 heteroatoms. The van der Waals surface area contributed by atoms with Crippen LogP contribution in [0.15, 0.2) is 200 Å². The van der Waals surface area contributed by atoms with Gasteiger partial charge in [0.05, 0.1) is 22.4 Å². The maximum absolute atomic E-state index is 5.38. The molecule has 6 heterocycles. The van der Waals surface area contributed by atoms with Crippen LogP contribution in [0.1, 0.15) is 16.8 Å². The van der Waals surface area contributed by atoms with Gasteiger partial charge in [-0.3, -0.25) is 9.97 Å². The SMILES string of the molecule is Brc1ccc2ccccc2n1.C#Cc1ccc(-c2ncncc2-c2ccncc2)cc1.C(#Cc1ccc2ccccc2n1)c1ccc(-c2ncncc2-c2ccncc2)cc1. The monoisotopic (exact) mass is 848 g/mol. The summed E-state index contributed by atoms with van der Waals surface area (Å²) in [6, 6.07) is 47.7. The van der Waals surface area contributed by atoms with Crippen LogP contribution in [0, 0.1) is 24.2 Å². The number of nitrogens with zero attached hydrogens (tertiary/aromatic N) is 8. The van der Waals surface area contributed by atoms with Crippen molar-refractivity contribution in [2.45, 2.75) is 0 Å². The quantitative estimate of drug-likeness (QED) is 0.127. The fourth-order valence-corrected chi connectivity index (χ4v) is 6.68. The Balaban J connectivity index is 0.000000142. The number of pyridine rings is 4. The van der Waals surface area contributed by atoms with Crippen molar-refractivity contribution >= 4 is 37.7 Å². The van der Waals surface area contributed by atoms with Crippen LogP contribution in [0.4, 0.5) is 0 Å². The third-order valence-corrected chi connectivity index (χ3v) is 9.83. The van der Waals surface area contributed by atoms with Crippen molar-refractivity contribution < 1.29 is 0 Å². The first kappa shape index (κ1) is 39.6. The number of para-hydroxylation sites is 2. The van der Waals surface area contributed by atoms with Crippen LogP contribution in [0.25, 0.3) is 66.6 Å². The van der Waals surface area contributed by atoms with Gasteiger partial charge in [-0.15, -0.1) is 6.42 Å². The van der Waals surface area contributed by atoms with Gasteiger partial charge in [0.25, 0.3) is 0 Å². The van der Waals surface area contributed by atoms with E-state index < -0.39 is 0 Å². The van der Waals surface area contributed by atoms with Crippen molar-refractivity contribution in [3.8, 4) is 69.0 Å². The Morgan fingerprint density at radius 3 is 1.46 bits per heavy atom. The lowest BCUT2D eigenvalue weighted by Crippen LogP contribution is -1.91. The number of hydrogen-bond donors (Lipinski definition) is 0. The summed E-state index contributed by atoms with van der Waals surface area (Å²) in [6.45, 7) is 0. The van der Waals surface area contributed by atoms with E-state index in [-0.39, 0.29) is 0 Å². The van der Waals surface area contributed by atoms with Crippen molar-refractivity contribution in [3.63, 3.8) is 0 Å². The van der Waals surface area contributed by atoms with Crippen molar-refractivity contribution in [2.24, 2.45) is 0 Å². The Bertz CT molecular complexity index is 3160. The zero-order valence-electron chi connectivity index (χ0n) is 32.5. The lowest BCUT2D eigenvalue weighted by molar-refractivity contribution is 1.17. The zero-order valence-corrected chi connectivity index (χ0v) is 34.1. The van der Waals surface area contributed by atoms with Crippen LogP contribution >= 0.6 is 15.9 Å². The molecular formula is C52H33BrN8. The van der Waals surface area contributed by atoms with Crippen LogP contribution in [-0.4, -0.2) is 39.9 Å². The van der Waals surface area contributed by atoms with E-state index >= 15 is 0 Å². The van der Waals surface area contributed by atoms with E-state index in [1.165, 1.54) is 5.39 Å². The minimum Gasteiger partial charge on any atom is -0.265 e. The third kappa shape index (κ3) is 10.1. The van der Waals surface area contributed by atoms with Crippen molar-refractivity contribution in [1.29, 1.82) is 0 Å². The molecule has 0 saturated heterocycles. The first-order chi connectivity index (χ1) is 30.1. The Morgan fingerprint density at radius 2 is 0.918 bits per heavy atom. The van der Waals surface area contributed by atoms with Crippen molar-refractivity contribution in [3.05, 3.63) is 217 Å². The van der Waals surface area contributed by atoms with Gasteiger partial charge in [0.1, 0.15) is 23.0 Å². The Hall–Kier alpha value is -8.24. The van der Waals surface area contributed by atoms with Crippen molar-refractivity contribution in [2.75, 3.05) is 0 Å². The molecule has 0 aliphatic heterocycles. The number of benzene rings is 4. The summed E-state index contributed by atoms with van der Waals surface area (Å²) in [5.74, 6) is 8.96. The average Bonchev–Trinajstić information content (AvgIpc) is 3.34. The number of rotatable bonds is 4. The van der Waals surface area contributed by atoms with E-state index in [1.807, 2.05) is 152 Å². The molecule has 61 heavy (non-hydrogen) atoms.